The van der Waals surface area contributed by atoms with E-state index >= 15 is 0 Å². The summed E-state index contributed by atoms with van der Waals surface area (Å²) in [5, 5.41) is 0. The molecule has 0 saturated carbocycles. The Morgan fingerprint density at radius 2 is 1.73 bits per heavy atom. The highest BCUT2D eigenvalue weighted by molar-refractivity contribution is 5.88. The Kier molecular flexibility index (Phi) is 3.35. The van der Waals surface area contributed by atoms with Crippen LogP contribution in [0.2, 0.25) is 0 Å². The molecule has 0 aliphatic heterocycles. The smallest absolute Gasteiger partial charge is 0.414 e. The van der Waals surface area contributed by atoms with Crippen molar-refractivity contribution in [3.05, 3.63) is 30.3 Å². The number of methoxy groups -OCH3 is 1. The fourth-order valence-electron chi connectivity index (χ4n) is 1.43. The van der Waals surface area contributed by atoms with E-state index in [4.69, 9.17) is 4.74 Å². The molecule has 0 unspecified atom stereocenters. The highest BCUT2D eigenvalue weighted by Crippen LogP contribution is 2.24. The van der Waals surface area contributed by atoms with Gasteiger partial charge in [-0.05, 0) is 32.9 Å². The maximum atomic E-state index is 11.7. The summed E-state index contributed by atoms with van der Waals surface area (Å²) in [6, 6.07) is 9.50. The van der Waals surface area contributed by atoms with Crippen molar-refractivity contribution in [1.82, 2.24) is 0 Å². The van der Waals surface area contributed by atoms with Gasteiger partial charge in [0, 0.05) is 11.2 Å². The average Bonchev–Trinajstić information content (AvgIpc) is 2.17. The molecule has 15 heavy (non-hydrogen) atoms. The summed E-state index contributed by atoms with van der Waals surface area (Å²) in [6.07, 6.45) is -0.339. The van der Waals surface area contributed by atoms with Gasteiger partial charge in [0.15, 0.2) is 0 Å². The van der Waals surface area contributed by atoms with E-state index in [1.165, 1.54) is 7.11 Å². The zero-order valence-electron chi connectivity index (χ0n) is 9.65. The third-order valence-electron chi connectivity index (χ3n) is 2.04. The minimum Gasteiger partial charge on any atom is -0.452 e. The van der Waals surface area contributed by atoms with Crippen LogP contribution in [0, 0.1) is 0 Å². The molecule has 1 rings (SSSR count). The van der Waals surface area contributed by atoms with E-state index in [1.54, 1.807) is 4.90 Å². The minimum atomic E-state index is -0.339. The fraction of sp³-hybridized carbons (Fsp3) is 0.417. The quantitative estimate of drug-likeness (QED) is 0.708. The highest BCUT2D eigenvalue weighted by atomic mass is 16.5. The number of carbonyl (C=O) groups excluding carboxylic acids is 1. The molecule has 0 heterocycles. The number of amides is 1. The molecule has 0 spiro atoms. The molecule has 0 bridgehead atoms. The van der Waals surface area contributed by atoms with E-state index in [1.807, 2.05) is 51.1 Å². The van der Waals surface area contributed by atoms with Crippen LogP contribution in [0.25, 0.3) is 0 Å². The summed E-state index contributed by atoms with van der Waals surface area (Å²) in [6.45, 7) is 5.91. The Morgan fingerprint density at radius 1 is 1.20 bits per heavy atom. The molecule has 3 heteroatoms. The van der Waals surface area contributed by atoms with Gasteiger partial charge in [0.1, 0.15) is 0 Å². The number of para-hydroxylation sites is 1. The van der Waals surface area contributed by atoms with Gasteiger partial charge in [-0.3, -0.25) is 4.90 Å². The largest absolute Gasteiger partial charge is 0.452 e. The van der Waals surface area contributed by atoms with Gasteiger partial charge in [0.05, 0.1) is 7.11 Å². The SMILES string of the molecule is COC(=O)N(c1ccccc1)C(C)(C)C. The second-order valence-corrected chi connectivity index (χ2v) is 4.31. The lowest BCUT2D eigenvalue weighted by Crippen LogP contribution is -2.45. The van der Waals surface area contributed by atoms with Crippen LogP contribution in [-0.2, 0) is 4.74 Å². The first-order chi connectivity index (χ1) is 6.96. The number of anilines is 1. The van der Waals surface area contributed by atoms with Crippen molar-refractivity contribution in [3.63, 3.8) is 0 Å². The van der Waals surface area contributed by atoms with Gasteiger partial charge in [-0.1, -0.05) is 18.2 Å². The van der Waals surface area contributed by atoms with E-state index < -0.39 is 0 Å². The molecule has 82 valence electrons. The van der Waals surface area contributed by atoms with E-state index in [9.17, 15) is 4.79 Å². The first-order valence-corrected chi connectivity index (χ1v) is 4.90. The van der Waals surface area contributed by atoms with Crippen LogP contribution in [-0.4, -0.2) is 18.7 Å². The molecule has 0 radical (unpaired) electrons. The molecule has 1 aromatic carbocycles. The highest BCUT2D eigenvalue weighted by Gasteiger charge is 2.28. The first kappa shape index (κ1) is 11.6. The van der Waals surface area contributed by atoms with Gasteiger partial charge >= 0.3 is 6.09 Å². The van der Waals surface area contributed by atoms with Gasteiger partial charge in [0.25, 0.3) is 0 Å². The van der Waals surface area contributed by atoms with Crippen LogP contribution in [0.5, 0.6) is 0 Å². The topological polar surface area (TPSA) is 29.5 Å². The third-order valence-corrected chi connectivity index (χ3v) is 2.04. The van der Waals surface area contributed by atoms with Gasteiger partial charge in [-0.25, -0.2) is 4.79 Å². The van der Waals surface area contributed by atoms with Crippen LogP contribution in [0.15, 0.2) is 30.3 Å². The van der Waals surface area contributed by atoms with Crippen molar-refractivity contribution in [2.24, 2.45) is 0 Å². The molecule has 0 aliphatic rings. The molecule has 1 aromatic rings. The van der Waals surface area contributed by atoms with Crippen LogP contribution in [0.3, 0.4) is 0 Å². The summed E-state index contributed by atoms with van der Waals surface area (Å²) >= 11 is 0. The lowest BCUT2D eigenvalue weighted by Gasteiger charge is -2.34. The zero-order valence-corrected chi connectivity index (χ0v) is 9.65. The first-order valence-electron chi connectivity index (χ1n) is 4.90. The maximum absolute atomic E-state index is 11.7. The molecule has 0 aliphatic carbocycles. The van der Waals surface area contributed by atoms with Crippen molar-refractivity contribution in [2.75, 3.05) is 12.0 Å². The van der Waals surface area contributed by atoms with Gasteiger partial charge in [0.2, 0.25) is 0 Å². The molecule has 0 N–H and O–H groups in total. The monoisotopic (exact) mass is 207 g/mol. The Bertz CT molecular complexity index is 327. The molecule has 0 saturated heterocycles. The summed E-state index contributed by atoms with van der Waals surface area (Å²) in [5.74, 6) is 0. The lowest BCUT2D eigenvalue weighted by atomic mass is 10.1. The van der Waals surface area contributed by atoms with Crippen molar-refractivity contribution >= 4 is 11.8 Å². The second kappa shape index (κ2) is 4.34. The fourth-order valence-corrected chi connectivity index (χ4v) is 1.43. The van der Waals surface area contributed by atoms with Crippen molar-refractivity contribution in [1.29, 1.82) is 0 Å². The minimum absolute atomic E-state index is 0.297. The number of benzene rings is 1. The summed E-state index contributed by atoms with van der Waals surface area (Å²) in [7, 11) is 1.39. The van der Waals surface area contributed by atoms with Crippen molar-refractivity contribution < 1.29 is 9.53 Å². The number of hydrogen-bond acceptors (Lipinski definition) is 2. The van der Waals surface area contributed by atoms with E-state index in [2.05, 4.69) is 0 Å². The summed E-state index contributed by atoms with van der Waals surface area (Å²) < 4.78 is 4.78. The Balaban J connectivity index is 3.08. The molecule has 0 atom stereocenters. The van der Waals surface area contributed by atoms with Gasteiger partial charge < -0.3 is 4.74 Å². The Labute approximate surface area is 90.7 Å². The summed E-state index contributed by atoms with van der Waals surface area (Å²) in [5.41, 5.74) is 0.547. The predicted molar refractivity (Wildman–Crippen MR) is 61.1 cm³/mol. The number of ether oxygens (including phenoxy) is 1. The van der Waals surface area contributed by atoms with Crippen LogP contribution >= 0.6 is 0 Å². The number of hydrogen-bond donors (Lipinski definition) is 0. The Hall–Kier alpha value is -1.51. The number of nitrogens with zero attached hydrogens (tertiary/aromatic N) is 1. The van der Waals surface area contributed by atoms with Crippen molar-refractivity contribution in [2.45, 2.75) is 26.3 Å². The summed E-state index contributed by atoms with van der Waals surface area (Å²) in [4.78, 5) is 13.3. The Morgan fingerprint density at radius 3 is 2.13 bits per heavy atom. The molecular formula is C12H17NO2. The molecule has 0 fully saturated rings. The zero-order chi connectivity index (χ0) is 11.5. The normalized spacial score (nSPS) is 10.9. The van der Waals surface area contributed by atoms with E-state index in [0.29, 0.717) is 0 Å². The molecular weight excluding hydrogens is 190 g/mol. The molecule has 1 amide bonds. The number of rotatable bonds is 1. The van der Waals surface area contributed by atoms with Crippen LogP contribution < -0.4 is 4.90 Å². The standard InChI is InChI=1S/C12H17NO2/c1-12(2,3)13(11(14)15-4)10-8-6-5-7-9-10/h5-9H,1-4H3. The maximum Gasteiger partial charge on any atom is 0.414 e. The van der Waals surface area contributed by atoms with E-state index in [-0.39, 0.29) is 11.6 Å². The van der Waals surface area contributed by atoms with Crippen molar-refractivity contribution in [3.8, 4) is 0 Å². The third kappa shape index (κ3) is 2.72. The lowest BCUT2D eigenvalue weighted by molar-refractivity contribution is 0.172. The van der Waals surface area contributed by atoms with Crippen LogP contribution in [0.1, 0.15) is 20.8 Å². The average molecular weight is 207 g/mol. The van der Waals surface area contributed by atoms with Gasteiger partial charge in [-0.15, -0.1) is 0 Å². The predicted octanol–water partition coefficient (Wildman–Crippen LogP) is 3.06. The van der Waals surface area contributed by atoms with E-state index in [0.717, 1.165) is 5.69 Å². The second-order valence-electron chi connectivity index (χ2n) is 4.31. The molecule has 3 nitrogen and oxygen atoms in total. The van der Waals surface area contributed by atoms with Gasteiger partial charge in [-0.2, -0.15) is 0 Å². The van der Waals surface area contributed by atoms with Crippen LogP contribution in [0.4, 0.5) is 10.5 Å². The number of carbonyl (C=O) groups is 1. The molecule has 0 aromatic heterocycles.